The minimum absolute atomic E-state index is 0.0114. The molecular formula is C25H27N3O4S4. The number of rotatable bonds is 12. The van der Waals surface area contributed by atoms with Crippen molar-refractivity contribution in [2.45, 2.75) is 25.3 Å². The van der Waals surface area contributed by atoms with Crippen LogP contribution in [0.5, 0.6) is 0 Å². The predicted molar refractivity (Wildman–Crippen MR) is 148 cm³/mol. The van der Waals surface area contributed by atoms with E-state index < -0.39 is 26.1 Å². The van der Waals surface area contributed by atoms with Crippen LogP contribution in [-0.2, 0) is 32.9 Å². The minimum atomic E-state index is -3.57. The summed E-state index contributed by atoms with van der Waals surface area (Å²) in [6, 6.07) is 20.1. The number of hydrogen-bond acceptors (Lipinski definition) is 7. The average Bonchev–Trinajstić information content (AvgIpc) is 3.52. The highest BCUT2D eigenvalue weighted by Gasteiger charge is 2.23. The molecule has 2 N–H and O–H groups in total. The molecule has 4 aromatic rings. The summed E-state index contributed by atoms with van der Waals surface area (Å²) in [5.74, 6) is 0.0114. The van der Waals surface area contributed by atoms with Crippen LogP contribution in [0, 0.1) is 0 Å². The maximum atomic E-state index is 13.0. The van der Waals surface area contributed by atoms with Crippen molar-refractivity contribution in [3.63, 3.8) is 0 Å². The second-order valence-electron chi connectivity index (χ2n) is 8.41. The first-order valence-corrected chi connectivity index (χ1v) is 16.6. The van der Waals surface area contributed by atoms with Crippen LogP contribution < -0.4 is 9.44 Å². The predicted octanol–water partition coefficient (Wildman–Crippen LogP) is 5.08. The zero-order valence-corrected chi connectivity index (χ0v) is 22.9. The molecule has 11 heteroatoms. The number of sulfonamides is 2. The van der Waals surface area contributed by atoms with Gasteiger partial charge in [-0.3, -0.25) is 4.72 Å². The summed E-state index contributed by atoms with van der Waals surface area (Å²) in [6.07, 6.45) is 2.66. The van der Waals surface area contributed by atoms with E-state index in [4.69, 9.17) is 4.98 Å². The van der Waals surface area contributed by atoms with Gasteiger partial charge in [-0.05, 0) is 54.0 Å². The number of thiazole rings is 1. The van der Waals surface area contributed by atoms with Crippen molar-refractivity contribution >= 4 is 48.4 Å². The highest BCUT2D eigenvalue weighted by molar-refractivity contribution is 7.92. The quantitative estimate of drug-likeness (QED) is 0.251. The van der Waals surface area contributed by atoms with Crippen LogP contribution in [0.15, 0.2) is 77.5 Å². The third kappa shape index (κ3) is 7.97. The molecule has 2 heterocycles. The molecule has 2 aromatic heterocycles. The van der Waals surface area contributed by atoms with Crippen molar-refractivity contribution in [3.8, 4) is 9.88 Å². The number of anilines is 1. The van der Waals surface area contributed by atoms with Gasteiger partial charge in [0.25, 0.3) is 0 Å². The number of nitrogens with one attached hydrogen (secondary N) is 2. The van der Waals surface area contributed by atoms with Crippen molar-refractivity contribution in [2.24, 2.45) is 0 Å². The fraction of sp³-hybridized carbons (Fsp3) is 0.240. The first kappa shape index (κ1) is 26.5. The van der Waals surface area contributed by atoms with Gasteiger partial charge < -0.3 is 0 Å². The Balaban J connectivity index is 1.50. The molecule has 7 nitrogen and oxygen atoms in total. The van der Waals surface area contributed by atoms with Gasteiger partial charge >= 0.3 is 0 Å². The monoisotopic (exact) mass is 561 g/mol. The summed E-state index contributed by atoms with van der Waals surface area (Å²) in [4.78, 5) is 5.77. The van der Waals surface area contributed by atoms with E-state index in [0.717, 1.165) is 27.3 Å². The van der Waals surface area contributed by atoms with Crippen molar-refractivity contribution in [1.82, 2.24) is 9.71 Å². The Morgan fingerprint density at radius 1 is 0.889 bits per heavy atom. The first-order valence-electron chi connectivity index (χ1n) is 11.3. The van der Waals surface area contributed by atoms with E-state index in [2.05, 4.69) is 9.44 Å². The second-order valence-corrected chi connectivity index (χ2v) is 13.8. The molecule has 0 aliphatic heterocycles. The van der Waals surface area contributed by atoms with E-state index in [1.54, 1.807) is 35.6 Å². The first-order chi connectivity index (χ1) is 17.2. The highest BCUT2D eigenvalue weighted by Crippen LogP contribution is 2.31. The van der Waals surface area contributed by atoms with Crippen molar-refractivity contribution in [3.05, 3.63) is 94.3 Å². The molecular weight excluding hydrogens is 535 g/mol. The van der Waals surface area contributed by atoms with Gasteiger partial charge in [0, 0.05) is 11.1 Å². The largest absolute Gasteiger partial charge is 0.284 e. The lowest BCUT2D eigenvalue weighted by atomic mass is 10.0. The SMILES string of the molecule is CS(=O)(=O)Nc1ccc(C[C@H](NS(=O)(=O)CCCc2ccccc2)c2csc(-c3cccs3)n2)cc1. The van der Waals surface area contributed by atoms with Gasteiger partial charge in [-0.25, -0.2) is 26.5 Å². The van der Waals surface area contributed by atoms with Gasteiger partial charge in [-0.15, -0.1) is 22.7 Å². The van der Waals surface area contributed by atoms with E-state index in [0.29, 0.717) is 30.6 Å². The van der Waals surface area contributed by atoms with Crippen LogP contribution in [0.4, 0.5) is 5.69 Å². The van der Waals surface area contributed by atoms with Gasteiger partial charge in [0.15, 0.2) is 0 Å². The van der Waals surface area contributed by atoms with Crippen LogP contribution in [0.1, 0.15) is 29.3 Å². The van der Waals surface area contributed by atoms with Crippen molar-refractivity contribution in [1.29, 1.82) is 0 Å². The number of hydrogen-bond donors (Lipinski definition) is 2. The Morgan fingerprint density at radius 2 is 1.64 bits per heavy atom. The summed E-state index contributed by atoms with van der Waals surface area (Å²) in [7, 11) is -6.95. The molecule has 0 spiro atoms. The van der Waals surface area contributed by atoms with Crippen LogP contribution in [-0.4, -0.2) is 33.8 Å². The zero-order chi connectivity index (χ0) is 25.6. The number of thiophene rings is 1. The number of aromatic nitrogens is 1. The Labute approximate surface area is 220 Å². The summed E-state index contributed by atoms with van der Waals surface area (Å²) in [5.41, 5.74) is 3.07. The molecule has 4 rings (SSSR count). The van der Waals surface area contributed by atoms with Crippen LogP contribution in [0.25, 0.3) is 9.88 Å². The summed E-state index contributed by atoms with van der Waals surface area (Å²) in [6.45, 7) is 0. The van der Waals surface area contributed by atoms with Crippen molar-refractivity contribution in [2.75, 3.05) is 16.7 Å². The third-order valence-electron chi connectivity index (χ3n) is 5.35. The Morgan fingerprint density at radius 3 is 2.31 bits per heavy atom. The summed E-state index contributed by atoms with van der Waals surface area (Å²) < 4.78 is 54.3. The normalized spacial score (nSPS) is 12.9. The minimum Gasteiger partial charge on any atom is -0.284 e. The van der Waals surface area contributed by atoms with Crippen LogP contribution >= 0.6 is 22.7 Å². The van der Waals surface area contributed by atoms with E-state index in [1.165, 1.54) is 11.3 Å². The summed E-state index contributed by atoms with van der Waals surface area (Å²) in [5, 5.41) is 4.72. The average molecular weight is 562 g/mol. The van der Waals surface area contributed by atoms with E-state index >= 15 is 0 Å². The van der Waals surface area contributed by atoms with Gasteiger partial charge in [0.1, 0.15) is 5.01 Å². The third-order valence-corrected chi connectivity index (χ3v) is 9.33. The fourth-order valence-corrected chi connectivity index (χ4v) is 7.24. The molecule has 0 radical (unpaired) electrons. The molecule has 0 saturated carbocycles. The van der Waals surface area contributed by atoms with Crippen molar-refractivity contribution < 1.29 is 16.8 Å². The van der Waals surface area contributed by atoms with Gasteiger partial charge in [-0.2, -0.15) is 0 Å². The molecule has 0 fully saturated rings. The molecule has 0 amide bonds. The van der Waals surface area contributed by atoms with Crippen LogP contribution in [0.3, 0.4) is 0 Å². The number of aryl methyl sites for hydroxylation is 1. The van der Waals surface area contributed by atoms with Gasteiger partial charge in [-0.1, -0.05) is 48.5 Å². The molecule has 0 aliphatic carbocycles. The molecule has 0 aliphatic rings. The molecule has 190 valence electrons. The lowest BCUT2D eigenvalue weighted by Crippen LogP contribution is -2.32. The topological polar surface area (TPSA) is 105 Å². The van der Waals surface area contributed by atoms with E-state index in [-0.39, 0.29) is 5.75 Å². The maximum Gasteiger partial charge on any atom is 0.229 e. The smallest absolute Gasteiger partial charge is 0.229 e. The lowest BCUT2D eigenvalue weighted by Gasteiger charge is -2.18. The standard InChI is InChI=1S/C25H27N3O4S4/c1-35(29,30)27-21-13-11-20(12-14-21)17-22(23-18-34-25(26-23)24-10-5-15-33-24)28-36(31,32)16-6-9-19-7-3-2-4-8-19/h2-5,7-8,10-15,18,22,27-28H,6,9,16-17H2,1H3/t22-/m0/s1. The Kier molecular flexibility index (Phi) is 8.58. The van der Waals surface area contributed by atoms with Gasteiger partial charge in [0.05, 0.1) is 28.6 Å². The van der Waals surface area contributed by atoms with Crippen LogP contribution in [0.2, 0.25) is 0 Å². The second kappa shape index (κ2) is 11.7. The fourth-order valence-electron chi connectivity index (χ4n) is 3.71. The lowest BCUT2D eigenvalue weighted by molar-refractivity contribution is 0.548. The Hall–Kier alpha value is -2.57. The number of benzene rings is 2. The molecule has 1 atom stereocenters. The maximum absolute atomic E-state index is 13.0. The zero-order valence-electron chi connectivity index (χ0n) is 19.6. The number of nitrogens with zero attached hydrogens (tertiary/aromatic N) is 1. The molecule has 0 bridgehead atoms. The van der Waals surface area contributed by atoms with E-state index in [1.807, 2.05) is 53.2 Å². The molecule has 0 saturated heterocycles. The summed E-state index contributed by atoms with van der Waals surface area (Å²) >= 11 is 3.07. The molecule has 36 heavy (non-hydrogen) atoms. The molecule has 2 aromatic carbocycles. The Bertz CT molecular complexity index is 1470. The molecule has 0 unspecified atom stereocenters. The van der Waals surface area contributed by atoms with E-state index in [9.17, 15) is 16.8 Å². The van der Waals surface area contributed by atoms with Gasteiger partial charge in [0.2, 0.25) is 20.0 Å². The highest BCUT2D eigenvalue weighted by atomic mass is 32.2.